The van der Waals surface area contributed by atoms with Gasteiger partial charge in [-0.05, 0) is 61.7 Å². The minimum atomic E-state index is -0.351. The third-order valence-electron chi connectivity index (χ3n) is 4.43. The van der Waals surface area contributed by atoms with E-state index in [1.807, 2.05) is 25.1 Å². The van der Waals surface area contributed by atoms with Crippen LogP contribution in [0.15, 0.2) is 45.6 Å². The van der Waals surface area contributed by atoms with Gasteiger partial charge in [0.1, 0.15) is 11.3 Å². The lowest BCUT2D eigenvalue weighted by Crippen LogP contribution is -2.18. The molecule has 1 heterocycles. The van der Waals surface area contributed by atoms with Gasteiger partial charge in [-0.25, -0.2) is 4.79 Å². The maximum Gasteiger partial charge on any atom is 0.336 e. The van der Waals surface area contributed by atoms with Crippen LogP contribution in [0.4, 0.5) is 0 Å². The molecule has 0 aliphatic rings. The van der Waals surface area contributed by atoms with Gasteiger partial charge in [0.25, 0.3) is 0 Å². The molecule has 1 N–H and O–H groups in total. The molecule has 1 aromatic heterocycles. The van der Waals surface area contributed by atoms with Crippen LogP contribution in [0.1, 0.15) is 22.3 Å². The first-order valence-electron chi connectivity index (χ1n) is 8.55. The van der Waals surface area contributed by atoms with Gasteiger partial charge in [0.15, 0.2) is 0 Å². The molecule has 0 aliphatic carbocycles. The van der Waals surface area contributed by atoms with Gasteiger partial charge in [0, 0.05) is 23.0 Å². The van der Waals surface area contributed by atoms with Crippen molar-refractivity contribution in [1.82, 2.24) is 5.32 Å². The Labute approximate surface area is 157 Å². The van der Waals surface area contributed by atoms with Gasteiger partial charge in [-0.1, -0.05) is 29.3 Å². The predicted octanol–water partition coefficient (Wildman–Crippen LogP) is 4.40. The second-order valence-electron chi connectivity index (χ2n) is 6.43. The van der Waals surface area contributed by atoms with Crippen LogP contribution < -0.4 is 15.7 Å². The summed E-state index contributed by atoms with van der Waals surface area (Å²) in [5.74, 6) is 0.894. The number of aryl methyl sites for hydroxylation is 2. The summed E-state index contributed by atoms with van der Waals surface area (Å²) < 4.78 is 10.7. The van der Waals surface area contributed by atoms with E-state index < -0.39 is 0 Å². The van der Waals surface area contributed by atoms with Gasteiger partial charge in [0.2, 0.25) is 0 Å². The molecule has 0 unspecified atom stereocenters. The van der Waals surface area contributed by atoms with E-state index >= 15 is 0 Å². The molecule has 2 aromatic carbocycles. The van der Waals surface area contributed by atoms with Gasteiger partial charge in [0.05, 0.1) is 7.11 Å². The van der Waals surface area contributed by atoms with Gasteiger partial charge in [-0.15, -0.1) is 0 Å². The molecule has 0 aliphatic heterocycles. The highest BCUT2D eigenvalue weighted by Gasteiger charge is 2.09. The molecule has 0 radical (unpaired) electrons. The number of fused-ring (bicyclic) bond motifs is 1. The number of ether oxygens (including phenoxy) is 1. The van der Waals surface area contributed by atoms with Crippen molar-refractivity contribution in [2.24, 2.45) is 0 Å². The van der Waals surface area contributed by atoms with Crippen molar-refractivity contribution in [2.75, 3.05) is 13.7 Å². The second-order valence-corrected chi connectivity index (χ2v) is 6.84. The van der Waals surface area contributed by atoms with Crippen molar-refractivity contribution < 1.29 is 9.15 Å². The van der Waals surface area contributed by atoms with Gasteiger partial charge >= 0.3 is 5.63 Å². The third kappa shape index (κ3) is 4.09. The normalized spacial score (nSPS) is 11.1. The van der Waals surface area contributed by atoms with Crippen LogP contribution >= 0.6 is 11.6 Å². The largest absolute Gasteiger partial charge is 0.496 e. The molecule has 136 valence electrons. The topological polar surface area (TPSA) is 51.5 Å². The Morgan fingerprint density at radius 3 is 2.69 bits per heavy atom. The highest BCUT2D eigenvalue weighted by atomic mass is 35.5. The van der Waals surface area contributed by atoms with Crippen LogP contribution in [0, 0.1) is 13.8 Å². The van der Waals surface area contributed by atoms with Crippen molar-refractivity contribution in [3.05, 3.63) is 74.1 Å². The summed E-state index contributed by atoms with van der Waals surface area (Å²) in [7, 11) is 1.68. The maximum absolute atomic E-state index is 11.8. The molecule has 4 nitrogen and oxygen atoms in total. The molecule has 26 heavy (non-hydrogen) atoms. The van der Waals surface area contributed by atoms with Crippen LogP contribution in [-0.4, -0.2) is 13.7 Å². The number of hydrogen-bond acceptors (Lipinski definition) is 4. The fourth-order valence-corrected chi connectivity index (χ4v) is 3.21. The number of nitrogens with one attached hydrogen (secondary N) is 1. The first-order valence-corrected chi connectivity index (χ1v) is 8.93. The molecular weight excluding hydrogens is 350 g/mol. The van der Waals surface area contributed by atoms with E-state index in [1.165, 1.54) is 11.6 Å². The van der Waals surface area contributed by atoms with Crippen molar-refractivity contribution in [3.8, 4) is 5.75 Å². The van der Waals surface area contributed by atoms with Crippen LogP contribution in [0.5, 0.6) is 5.75 Å². The second kappa shape index (κ2) is 7.94. The Balaban J connectivity index is 1.73. The zero-order valence-electron chi connectivity index (χ0n) is 15.2. The number of halogens is 1. The summed E-state index contributed by atoms with van der Waals surface area (Å²) in [5, 5.41) is 4.92. The van der Waals surface area contributed by atoms with Gasteiger partial charge in [-0.3, -0.25) is 0 Å². The molecule has 0 spiro atoms. The fourth-order valence-electron chi connectivity index (χ4n) is 3.04. The van der Waals surface area contributed by atoms with E-state index in [9.17, 15) is 4.79 Å². The lowest BCUT2D eigenvalue weighted by molar-refractivity contribution is 0.409. The minimum Gasteiger partial charge on any atom is -0.496 e. The summed E-state index contributed by atoms with van der Waals surface area (Å²) in [6.07, 6.45) is 0.837. The Hall–Kier alpha value is -2.30. The summed E-state index contributed by atoms with van der Waals surface area (Å²) in [6, 6.07) is 11.3. The lowest BCUT2D eigenvalue weighted by Gasteiger charge is -2.11. The van der Waals surface area contributed by atoms with E-state index in [2.05, 4.69) is 18.3 Å². The Morgan fingerprint density at radius 1 is 1.12 bits per heavy atom. The minimum absolute atomic E-state index is 0.351. The van der Waals surface area contributed by atoms with E-state index in [0.717, 1.165) is 40.8 Å². The highest BCUT2D eigenvalue weighted by Crippen LogP contribution is 2.25. The van der Waals surface area contributed by atoms with Crippen LogP contribution in [0.2, 0.25) is 5.02 Å². The number of hydrogen-bond donors (Lipinski definition) is 1. The van der Waals surface area contributed by atoms with Crippen molar-refractivity contribution in [2.45, 2.75) is 26.8 Å². The maximum atomic E-state index is 11.8. The smallest absolute Gasteiger partial charge is 0.336 e. The zero-order chi connectivity index (χ0) is 18.7. The predicted molar refractivity (Wildman–Crippen MR) is 105 cm³/mol. The standard InChI is InChI=1S/C21H22ClNO3/c1-13-4-5-19(25-3)15(8-13)6-7-23-12-16-10-21(24)26-20-9-14(2)18(22)11-17(16)20/h4-5,8-11,23H,6-7,12H2,1-3H3. The van der Waals surface area contributed by atoms with Crippen molar-refractivity contribution >= 4 is 22.6 Å². The van der Waals surface area contributed by atoms with E-state index in [-0.39, 0.29) is 5.63 Å². The molecule has 0 atom stereocenters. The highest BCUT2D eigenvalue weighted by molar-refractivity contribution is 6.32. The van der Waals surface area contributed by atoms with Gasteiger partial charge in [-0.2, -0.15) is 0 Å². The monoisotopic (exact) mass is 371 g/mol. The molecule has 0 amide bonds. The van der Waals surface area contributed by atoms with E-state index in [1.54, 1.807) is 13.2 Å². The molecule has 3 rings (SSSR count). The Kier molecular flexibility index (Phi) is 5.64. The lowest BCUT2D eigenvalue weighted by atomic mass is 10.1. The number of benzene rings is 2. The fraction of sp³-hybridized carbons (Fsp3) is 0.286. The van der Waals surface area contributed by atoms with Gasteiger partial charge < -0.3 is 14.5 Å². The molecule has 0 bridgehead atoms. The first-order chi connectivity index (χ1) is 12.5. The van der Waals surface area contributed by atoms with Crippen LogP contribution in [-0.2, 0) is 13.0 Å². The summed E-state index contributed by atoms with van der Waals surface area (Å²) >= 11 is 6.23. The summed E-state index contributed by atoms with van der Waals surface area (Å²) in [5.41, 5.74) is 4.36. The molecule has 0 saturated carbocycles. The molecule has 0 fully saturated rings. The number of rotatable bonds is 6. The van der Waals surface area contributed by atoms with E-state index in [4.69, 9.17) is 20.8 Å². The quantitative estimate of drug-likeness (QED) is 0.515. The van der Waals surface area contributed by atoms with Crippen LogP contribution in [0.25, 0.3) is 11.0 Å². The molecule has 3 aromatic rings. The molecule has 5 heteroatoms. The SMILES string of the molecule is COc1ccc(C)cc1CCNCc1cc(=O)oc2cc(C)c(Cl)cc12. The van der Waals surface area contributed by atoms with Crippen molar-refractivity contribution in [3.63, 3.8) is 0 Å². The molecule has 0 saturated heterocycles. The summed E-state index contributed by atoms with van der Waals surface area (Å²) in [6.45, 7) is 5.29. The third-order valence-corrected chi connectivity index (χ3v) is 4.84. The first kappa shape index (κ1) is 18.5. The average Bonchev–Trinajstić information content (AvgIpc) is 2.60. The molecular formula is C21H22ClNO3. The average molecular weight is 372 g/mol. The Morgan fingerprint density at radius 2 is 1.92 bits per heavy atom. The summed E-state index contributed by atoms with van der Waals surface area (Å²) in [4.78, 5) is 11.8. The number of methoxy groups -OCH3 is 1. The van der Waals surface area contributed by atoms with Crippen LogP contribution in [0.3, 0.4) is 0 Å². The Bertz CT molecular complexity index is 994. The van der Waals surface area contributed by atoms with Crippen molar-refractivity contribution in [1.29, 1.82) is 0 Å². The van der Waals surface area contributed by atoms with E-state index in [0.29, 0.717) is 17.2 Å². The zero-order valence-corrected chi connectivity index (χ0v) is 15.9.